The summed E-state index contributed by atoms with van der Waals surface area (Å²) in [6, 6.07) is 6.25. The van der Waals surface area contributed by atoms with E-state index in [-0.39, 0.29) is 29.8 Å². The highest BCUT2D eigenvalue weighted by molar-refractivity contribution is 6.03. The molecular formula is C28H37N3O5. The van der Waals surface area contributed by atoms with E-state index in [1.165, 1.54) is 6.42 Å². The number of carbonyl (C=O) groups is 3. The van der Waals surface area contributed by atoms with Crippen molar-refractivity contribution >= 4 is 23.4 Å². The van der Waals surface area contributed by atoms with Crippen LogP contribution in [0.2, 0.25) is 0 Å². The van der Waals surface area contributed by atoms with Crippen LogP contribution in [0.25, 0.3) is 0 Å². The number of rotatable bonds is 7. The molecular weight excluding hydrogens is 458 g/mol. The third-order valence-corrected chi connectivity index (χ3v) is 8.71. The van der Waals surface area contributed by atoms with Crippen molar-refractivity contribution in [3.63, 3.8) is 0 Å². The Morgan fingerprint density at radius 1 is 1.25 bits per heavy atom. The molecule has 1 aromatic rings. The first-order chi connectivity index (χ1) is 17.3. The van der Waals surface area contributed by atoms with Gasteiger partial charge in [-0.1, -0.05) is 44.9 Å². The summed E-state index contributed by atoms with van der Waals surface area (Å²) in [6.07, 6.45) is 8.17. The Bertz CT molecular complexity index is 1070. The van der Waals surface area contributed by atoms with Crippen LogP contribution in [0.5, 0.6) is 5.75 Å². The van der Waals surface area contributed by atoms with Crippen LogP contribution in [-0.4, -0.2) is 59.6 Å². The summed E-state index contributed by atoms with van der Waals surface area (Å²) in [5.74, 6) is -1.09. The number of nitrogens with one attached hydrogen (secondary N) is 2. The second-order valence-corrected chi connectivity index (χ2v) is 10.8. The van der Waals surface area contributed by atoms with E-state index in [4.69, 9.17) is 9.47 Å². The van der Waals surface area contributed by atoms with Crippen LogP contribution >= 0.6 is 0 Å². The van der Waals surface area contributed by atoms with Crippen LogP contribution in [0.15, 0.2) is 36.4 Å². The lowest BCUT2D eigenvalue weighted by Gasteiger charge is -2.37. The maximum absolute atomic E-state index is 13.9. The second-order valence-electron chi connectivity index (χ2n) is 10.8. The van der Waals surface area contributed by atoms with E-state index in [2.05, 4.69) is 17.6 Å². The second kappa shape index (κ2) is 9.54. The molecule has 36 heavy (non-hydrogen) atoms. The van der Waals surface area contributed by atoms with E-state index in [1.807, 2.05) is 26.0 Å². The maximum atomic E-state index is 13.9. The van der Waals surface area contributed by atoms with Crippen LogP contribution in [-0.2, 0) is 19.1 Å². The third-order valence-electron chi connectivity index (χ3n) is 8.71. The van der Waals surface area contributed by atoms with Gasteiger partial charge in [0.05, 0.1) is 25.0 Å². The zero-order valence-corrected chi connectivity index (χ0v) is 21.5. The Morgan fingerprint density at radius 3 is 2.75 bits per heavy atom. The molecule has 2 N–H and O–H groups in total. The molecule has 1 aliphatic carbocycles. The minimum Gasteiger partial charge on any atom is -0.497 e. The number of nitrogens with zero attached hydrogens (tertiary/aromatic N) is 1. The van der Waals surface area contributed by atoms with E-state index in [9.17, 15) is 14.4 Å². The minimum absolute atomic E-state index is 0.0883. The summed E-state index contributed by atoms with van der Waals surface area (Å²) in [6.45, 7) is 6.14. The minimum atomic E-state index is -1.14. The molecule has 3 fully saturated rings. The number of hydrogen-bond donors (Lipinski definition) is 2. The van der Waals surface area contributed by atoms with Gasteiger partial charge < -0.3 is 25.0 Å². The lowest BCUT2D eigenvalue weighted by Crippen LogP contribution is -2.58. The third kappa shape index (κ3) is 3.90. The molecule has 2 saturated heterocycles. The van der Waals surface area contributed by atoms with Crippen molar-refractivity contribution in [1.82, 2.24) is 10.2 Å². The molecule has 2 bridgehead atoms. The Labute approximate surface area is 212 Å². The number of fused-ring (bicyclic) bond motifs is 1. The van der Waals surface area contributed by atoms with E-state index < -0.39 is 29.6 Å². The molecule has 8 heteroatoms. The van der Waals surface area contributed by atoms with E-state index >= 15 is 0 Å². The van der Waals surface area contributed by atoms with Gasteiger partial charge in [-0.3, -0.25) is 14.4 Å². The number of methoxy groups -OCH3 is 1. The van der Waals surface area contributed by atoms with Crippen molar-refractivity contribution in [2.45, 2.75) is 82.7 Å². The lowest BCUT2D eigenvalue weighted by atomic mass is 9.74. The van der Waals surface area contributed by atoms with Crippen molar-refractivity contribution in [1.29, 1.82) is 0 Å². The maximum Gasteiger partial charge on any atom is 0.246 e. The monoisotopic (exact) mass is 495 g/mol. The molecule has 3 amide bonds. The number of ether oxygens (including phenoxy) is 2. The van der Waals surface area contributed by atoms with Crippen molar-refractivity contribution in [2.24, 2.45) is 17.8 Å². The van der Waals surface area contributed by atoms with E-state index in [0.29, 0.717) is 23.8 Å². The Hall–Kier alpha value is -2.87. The summed E-state index contributed by atoms with van der Waals surface area (Å²) < 4.78 is 11.7. The number of amides is 3. The van der Waals surface area contributed by atoms with Crippen LogP contribution in [0.1, 0.15) is 52.9 Å². The van der Waals surface area contributed by atoms with Crippen molar-refractivity contribution in [2.75, 3.05) is 12.4 Å². The molecule has 3 aliphatic heterocycles. The summed E-state index contributed by atoms with van der Waals surface area (Å²) in [4.78, 5) is 43.0. The molecule has 0 aromatic heterocycles. The summed E-state index contributed by atoms with van der Waals surface area (Å²) in [5.41, 5.74) is -0.547. The van der Waals surface area contributed by atoms with Gasteiger partial charge in [-0.25, -0.2) is 0 Å². The molecule has 1 saturated carbocycles. The van der Waals surface area contributed by atoms with Gasteiger partial charge in [0, 0.05) is 23.8 Å². The molecule has 8 atom stereocenters. The first kappa shape index (κ1) is 24.8. The standard InChI is InChI=1S/C28H37N3O5/c1-5-17(3)31-24(26(33)30-20-12-7-6-9-16(20)2)28-14-13-21(36-28)22(23(28)27(31)34)25(32)29-18-10-8-11-19(15-18)35-4/h8,10-11,13-17,20-24H,5-7,9,12H2,1-4H3,(H,29,32)(H,30,33)/t16-,17+,20-,21-,22-,23-,24+,28+/m1/s1. The largest absolute Gasteiger partial charge is 0.497 e. The Balaban J connectivity index is 1.44. The molecule has 4 aliphatic rings. The molecule has 5 rings (SSSR count). The van der Waals surface area contributed by atoms with Crippen LogP contribution in [0.3, 0.4) is 0 Å². The van der Waals surface area contributed by atoms with Gasteiger partial charge in [-0.15, -0.1) is 0 Å². The zero-order valence-electron chi connectivity index (χ0n) is 21.5. The van der Waals surface area contributed by atoms with Crippen molar-refractivity contribution in [3.05, 3.63) is 36.4 Å². The van der Waals surface area contributed by atoms with Gasteiger partial charge >= 0.3 is 0 Å². The molecule has 194 valence electrons. The first-order valence-corrected chi connectivity index (χ1v) is 13.2. The molecule has 1 spiro atoms. The van der Waals surface area contributed by atoms with Gasteiger partial charge in [-0.2, -0.15) is 0 Å². The van der Waals surface area contributed by atoms with Crippen LogP contribution in [0.4, 0.5) is 5.69 Å². The number of hydrogen-bond acceptors (Lipinski definition) is 5. The fourth-order valence-corrected chi connectivity index (χ4v) is 6.60. The average Bonchev–Trinajstić information content (AvgIpc) is 3.52. The number of likely N-dealkylation sites (tertiary alicyclic amines) is 1. The fraction of sp³-hybridized carbons (Fsp3) is 0.607. The molecule has 1 aromatic carbocycles. The van der Waals surface area contributed by atoms with Gasteiger partial charge in [0.25, 0.3) is 0 Å². The first-order valence-electron chi connectivity index (χ1n) is 13.2. The fourth-order valence-electron chi connectivity index (χ4n) is 6.60. The number of carbonyl (C=O) groups excluding carboxylic acids is 3. The Morgan fingerprint density at radius 2 is 2.03 bits per heavy atom. The molecule has 0 unspecified atom stereocenters. The molecule has 3 heterocycles. The van der Waals surface area contributed by atoms with Gasteiger partial charge in [-0.05, 0) is 44.2 Å². The Kier molecular flexibility index (Phi) is 6.57. The molecule has 8 nitrogen and oxygen atoms in total. The average molecular weight is 496 g/mol. The lowest BCUT2D eigenvalue weighted by molar-refractivity contribution is -0.143. The van der Waals surface area contributed by atoms with Crippen molar-refractivity contribution in [3.8, 4) is 5.75 Å². The zero-order chi connectivity index (χ0) is 25.6. The van der Waals surface area contributed by atoms with E-state index in [1.54, 1.807) is 36.3 Å². The van der Waals surface area contributed by atoms with Crippen molar-refractivity contribution < 1.29 is 23.9 Å². The predicted octanol–water partition coefficient (Wildman–Crippen LogP) is 3.28. The summed E-state index contributed by atoms with van der Waals surface area (Å²) in [5, 5.41) is 6.21. The van der Waals surface area contributed by atoms with E-state index in [0.717, 1.165) is 19.3 Å². The van der Waals surface area contributed by atoms with Crippen LogP contribution in [0, 0.1) is 17.8 Å². The highest BCUT2D eigenvalue weighted by Crippen LogP contribution is 2.55. The molecule has 0 radical (unpaired) electrons. The van der Waals surface area contributed by atoms with Gasteiger partial charge in [0.1, 0.15) is 17.4 Å². The summed E-state index contributed by atoms with van der Waals surface area (Å²) in [7, 11) is 1.57. The van der Waals surface area contributed by atoms with Crippen LogP contribution < -0.4 is 15.4 Å². The predicted molar refractivity (Wildman–Crippen MR) is 135 cm³/mol. The number of benzene rings is 1. The van der Waals surface area contributed by atoms with Gasteiger partial charge in [0.2, 0.25) is 17.7 Å². The normalized spacial score (nSPS) is 35.4. The quantitative estimate of drug-likeness (QED) is 0.566. The summed E-state index contributed by atoms with van der Waals surface area (Å²) >= 11 is 0. The number of anilines is 1. The smallest absolute Gasteiger partial charge is 0.246 e. The highest BCUT2D eigenvalue weighted by Gasteiger charge is 2.73. The highest BCUT2D eigenvalue weighted by atomic mass is 16.5. The SMILES string of the molecule is CC[C@H](C)N1C(=O)[C@H]2[C@H](C(=O)Nc3cccc(OC)c3)[C@H]3C=C[C@@]2(O3)[C@@H]1C(=O)N[C@@H]1CCCC[C@H]1C. The van der Waals surface area contributed by atoms with Gasteiger partial charge in [0.15, 0.2) is 0 Å². The topological polar surface area (TPSA) is 97.0 Å².